The van der Waals surface area contributed by atoms with Crippen molar-refractivity contribution in [3.63, 3.8) is 0 Å². The van der Waals surface area contributed by atoms with E-state index in [1.165, 1.54) is 37.8 Å². The Labute approximate surface area is 123 Å². The maximum atomic E-state index is 12.1. The Kier molecular flexibility index (Phi) is 5.94. The van der Waals surface area contributed by atoms with Gasteiger partial charge in [-0.1, -0.05) is 37.8 Å². The molecule has 0 radical (unpaired) electrons. The van der Waals surface area contributed by atoms with Gasteiger partial charge in [-0.15, -0.1) is 0 Å². The molecule has 0 aromatic heterocycles. The Bertz CT molecular complexity index is 462. The summed E-state index contributed by atoms with van der Waals surface area (Å²) < 4.78 is 28.5. The van der Waals surface area contributed by atoms with Crippen molar-refractivity contribution in [2.45, 2.75) is 57.2 Å². The fourth-order valence-corrected chi connectivity index (χ4v) is 2.73. The van der Waals surface area contributed by atoms with Crippen LogP contribution in [-0.4, -0.2) is 12.7 Å². The summed E-state index contributed by atoms with van der Waals surface area (Å²) in [7, 11) is 0. The van der Waals surface area contributed by atoms with E-state index in [2.05, 4.69) is 16.1 Å². The Morgan fingerprint density at radius 1 is 1.10 bits per heavy atom. The van der Waals surface area contributed by atoms with Crippen molar-refractivity contribution in [2.75, 3.05) is 0 Å². The van der Waals surface area contributed by atoms with E-state index in [1.807, 2.05) is 0 Å². The Morgan fingerprint density at radius 2 is 1.71 bits per heavy atom. The van der Waals surface area contributed by atoms with Gasteiger partial charge < -0.3 is 4.74 Å². The zero-order chi connectivity index (χ0) is 15.1. The third-order valence-electron chi connectivity index (χ3n) is 3.83. The third-order valence-corrected chi connectivity index (χ3v) is 3.83. The van der Waals surface area contributed by atoms with Crippen molar-refractivity contribution in [3.8, 4) is 11.8 Å². The van der Waals surface area contributed by atoms with E-state index in [-0.39, 0.29) is 5.75 Å². The van der Waals surface area contributed by atoms with Gasteiger partial charge in [0.05, 0.1) is 6.07 Å². The van der Waals surface area contributed by atoms with Crippen LogP contribution in [0.25, 0.3) is 0 Å². The topological polar surface area (TPSA) is 45.0 Å². The standard InChI is InChI=1S/C16H20F2N2O/c17-16(18)21-14-9-7-12(8-10-14)15(11-19)20-13-5-3-1-2-4-6-13/h7-10,13,15-16,20H,1-6H2. The van der Waals surface area contributed by atoms with Crippen LogP contribution in [0.2, 0.25) is 0 Å². The van der Waals surface area contributed by atoms with Crippen molar-refractivity contribution in [3.05, 3.63) is 29.8 Å². The van der Waals surface area contributed by atoms with Crippen LogP contribution in [0.4, 0.5) is 8.78 Å². The molecule has 21 heavy (non-hydrogen) atoms. The quantitative estimate of drug-likeness (QED) is 0.829. The maximum absolute atomic E-state index is 12.1. The van der Waals surface area contributed by atoms with Gasteiger partial charge in [-0.05, 0) is 30.5 Å². The smallest absolute Gasteiger partial charge is 0.387 e. The highest BCUT2D eigenvalue weighted by Crippen LogP contribution is 2.23. The second kappa shape index (κ2) is 7.94. The van der Waals surface area contributed by atoms with Crippen molar-refractivity contribution >= 4 is 0 Å². The first-order chi connectivity index (χ1) is 10.2. The predicted molar refractivity (Wildman–Crippen MR) is 76.1 cm³/mol. The number of nitrogens with zero attached hydrogens (tertiary/aromatic N) is 1. The molecule has 1 aliphatic rings. The lowest BCUT2D eigenvalue weighted by Gasteiger charge is -2.20. The van der Waals surface area contributed by atoms with E-state index < -0.39 is 12.7 Å². The Morgan fingerprint density at radius 3 is 2.24 bits per heavy atom. The zero-order valence-corrected chi connectivity index (χ0v) is 11.9. The Hall–Kier alpha value is -1.67. The molecule has 0 bridgehead atoms. The summed E-state index contributed by atoms with van der Waals surface area (Å²) >= 11 is 0. The van der Waals surface area contributed by atoms with Crippen molar-refractivity contribution in [1.82, 2.24) is 5.32 Å². The van der Waals surface area contributed by atoms with E-state index in [4.69, 9.17) is 0 Å². The molecular formula is C16H20F2N2O. The van der Waals surface area contributed by atoms with E-state index in [0.29, 0.717) is 6.04 Å². The van der Waals surface area contributed by atoms with Crippen LogP contribution in [0, 0.1) is 11.3 Å². The second-order valence-corrected chi connectivity index (χ2v) is 5.36. The summed E-state index contributed by atoms with van der Waals surface area (Å²) in [6.07, 6.45) is 7.08. The molecule has 5 heteroatoms. The number of nitriles is 1. The van der Waals surface area contributed by atoms with Crippen molar-refractivity contribution in [2.24, 2.45) is 0 Å². The highest BCUT2D eigenvalue weighted by atomic mass is 19.3. The van der Waals surface area contributed by atoms with Gasteiger partial charge in [-0.3, -0.25) is 5.32 Å². The molecule has 1 aromatic rings. The lowest BCUT2D eigenvalue weighted by Crippen LogP contribution is -2.31. The molecule has 114 valence electrons. The van der Waals surface area contributed by atoms with E-state index in [1.54, 1.807) is 12.1 Å². The molecule has 1 N–H and O–H groups in total. The van der Waals surface area contributed by atoms with E-state index in [9.17, 15) is 14.0 Å². The van der Waals surface area contributed by atoms with Crippen LogP contribution in [0.5, 0.6) is 5.75 Å². The molecule has 1 atom stereocenters. The van der Waals surface area contributed by atoms with Gasteiger partial charge in [0.1, 0.15) is 11.8 Å². The van der Waals surface area contributed by atoms with Gasteiger partial charge in [0, 0.05) is 6.04 Å². The van der Waals surface area contributed by atoms with Crippen molar-refractivity contribution < 1.29 is 13.5 Å². The summed E-state index contributed by atoms with van der Waals surface area (Å²) in [5, 5.41) is 12.7. The van der Waals surface area contributed by atoms with Crippen LogP contribution < -0.4 is 10.1 Å². The minimum atomic E-state index is -2.83. The van der Waals surface area contributed by atoms with Gasteiger partial charge in [-0.2, -0.15) is 14.0 Å². The molecule has 0 saturated heterocycles. The van der Waals surface area contributed by atoms with E-state index in [0.717, 1.165) is 18.4 Å². The number of halogens is 2. The Balaban J connectivity index is 1.98. The number of alkyl halides is 2. The molecule has 2 rings (SSSR count). The zero-order valence-electron chi connectivity index (χ0n) is 11.9. The summed E-state index contributed by atoms with van der Waals surface area (Å²) in [6, 6.07) is 8.46. The third kappa shape index (κ3) is 4.98. The molecule has 0 aliphatic heterocycles. The van der Waals surface area contributed by atoms with Crippen molar-refractivity contribution in [1.29, 1.82) is 5.26 Å². The monoisotopic (exact) mass is 294 g/mol. The molecular weight excluding hydrogens is 274 g/mol. The highest BCUT2D eigenvalue weighted by Gasteiger charge is 2.18. The van der Waals surface area contributed by atoms with E-state index >= 15 is 0 Å². The summed E-state index contributed by atoms with van der Waals surface area (Å²) in [5.41, 5.74) is 0.781. The molecule has 3 nitrogen and oxygen atoms in total. The molecule has 1 fully saturated rings. The number of hydrogen-bond acceptors (Lipinski definition) is 3. The lowest BCUT2D eigenvalue weighted by atomic mass is 10.0. The number of hydrogen-bond donors (Lipinski definition) is 1. The number of rotatable bonds is 5. The summed E-state index contributed by atoms with van der Waals surface area (Å²) in [5.74, 6) is 0.111. The van der Waals surface area contributed by atoms with Crippen LogP contribution in [0.1, 0.15) is 50.1 Å². The fourth-order valence-electron chi connectivity index (χ4n) is 2.73. The first-order valence-corrected chi connectivity index (χ1v) is 7.39. The average molecular weight is 294 g/mol. The molecule has 0 heterocycles. The number of benzene rings is 1. The highest BCUT2D eigenvalue weighted by molar-refractivity contribution is 5.31. The van der Waals surface area contributed by atoms with Gasteiger partial charge in [0.25, 0.3) is 0 Å². The van der Waals surface area contributed by atoms with Crippen LogP contribution in [0.15, 0.2) is 24.3 Å². The van der Waals surface area contributed by atoms with Gasteiger partial charge in [0.15, 0.2) is 0 Å². The average Bonchev–Trinajstić information content (AvgIpc) is 2.74. The summed E-state index contributed by atoms with van der Waals surface area (Å²) in [6.45, 7) is -2.83. The first kappa shape index (κ1) is 15.7. The molecule has 1 unspecified atom stereocenters. The van der Waals surface area contributed by atoms with Gasteiger partial charge in [-0.25, -0.2) is 0 Å². The second-order valence-electron chi connectivity index (χ2n) is 5.36. The van der Waals surface area contributed by atoms with Crippen LogP contribution in [-0.2, 0) is 0 Å². The molecule has 1 saturated carbocycles. The number of ether oxygens (including phenoxy) is 1. The predicted octanol–water partition coefficient (Wildman–Crippen LogP) is 4.17. The molecule has 0 amide bonds. The largest absolute Gasteiger partial charge is 0.435 e. The maximum Gasteiger partial charge on any atom is 0.387 e. The number of nitrogens with one attached hydrogen (secondary N) is 1. The fraction of sp³-hybridized carbons (Fsp3) is 0.562. The SMILES string of the molecule is N#CC(NC1CCCCCC1)c1ccc(OC(F)F)cc1. The normalized spacial score (nSPS) is 18.0. The van der Waals surface area contributed by atoms with Gasteiger partial charge in [0.2, 0.25) is 0 Å². The minimum Gasteiger partial charge on any atom is -0.435 e. The van der Waals surface area contributed by atoms with Gasteiger partial charge >= 0.3 is 6.61 Å². The van der Waals surface area contributed by atoms with Crippen LogP contribution >= 0.6 is 0 Å². The molecule has 1 aromatic carbocycles. The summed E-state index contributed by atoms with van der Waals surface area (Å²) in [4.78, 5) is 0. The lowest BCUT2D eigenvalue weighted by molar-refractivity contribution is -0.0498. The minimum absolute atomic E-state index is 0.111. The first-order valence-electron chi connectivity index (χ1n) is 7.39. The molecule has 0 spiro atoms. The van der Waals surface area contributed by atoms with Crippen LogP contribution in [0.3, 0.4) is 0 Å². The molecule has 1 aliphatic carbocycles.